The maximum absolute atomic E-state index is 11.6. The van der Waals surface area contributed by atoms with Crippen molar-refractivity contribution in [2.24, 2.45) is 0 Å². The molecular weight excluding hydrogens is 264 g/mol. The Morgan fingerprint density at radius 3 is 1.90 bits per heavy atom. The molecule has 2 aromatic rings. The summed E-state index contributed by atoms with van der Waals surface area (Å²) in [6, 6.07) is 19.9. The second kappa shape index (κ2) is 8.07. The summed E-state index contributed by atoms with van der Waals surface area (Å²) in [6.45, 7) is 0.701. The van der Waals surface area contributed by atoms with Crippen molar-refractivity contribution in [3.05, 3.63) is 71.8 Å². The number of urea groups is 1. The van der Waals surface area contributed by atoms with Gasteiger partial charge in [-0.15, -0.1) is 0 Å². The smallest absolute Gasteiger partial charge is 0.314 e. The van der Waals surface area contributed by atoms with Gasteiger partial charge in [-0.2, -0.15) is 0 Å². The fourth-order valence-corrected chi connectivity index (χ4v) is 2.23. The molecule has 0 bridgehead atoms. The molecule has 2 aromatic carbocycles. The first-order valence-corrected chi connectivity index (χ1v) is 7.03. The van der Waals surface area contributed by atoms with Crippen LogP contribution in [0.4, 0.5) is 4.79 Å². The lowest BCUT2D eigenvalue weighted by atomic mass is 9.91. The fraction of sp³-hybridized carbons (Fsp3) is 0.235. The van der Waals surface area contributed by atoms with E-state index in [1.54, 1.807) is 0 Å². The second-order valence-electron chi connectivity index (χ2n) is 4.73. The molecule has 0 fully saturated rings. The Bertz CT molecular complexity index is 504. The monoisotopic (exact) mass is 284 g/mol. The predicted molar refractivity (Wildman–Crippen MR) is 83.2 cm³/mol. The summed E-state index contributed by atoms with van der Waals surface area (Å²) < 4.78 is 0. The molecule has 3 N–H and O–H groups in total. The number of benzene rings is 2. The van der Waals surface area contributed by atoms with Gasteiger partial charge >= 0.3 is 6.03 Å². The molecule has 0 aliphatic rings. The summed E-state index contributed by atoms with van der Waals surface area (Å²) in [5.74, 6) is 0.104. The number of aliphatic hydroxyl groups is 1. The first-order chi connectivity index (χ1) is 10.3. The highest BCUT2D eigenvalue weighted by atomic mass is 16.3. The summed E-state index contributed by atoms with van der Waals surface area (Å²) in [5, 5.41) is 14.2. The van der Waals surface area contributed by atoms with E-state index in [-0.39, 0.29) is 25.1 Å². The first kappa shape index (κ1) is 15.1. The Hall–Kier alpha value is -2.33. The highest BCUT2D eigenvalue weighted by Gasteiger charge is 2.14. The molecule has 0 heterocycles. The van der Waals surface area contributed by atoms with Crippen molar-refractivity contribution in [3.63, 3.8) is 0 Å². The zero-order valence-electron chi connectivity index (χ0n) is 11.8. The molecule has 2 amide bonds. The molecule has 0 aliphatic carbocycles. The van der Waals surface area contributed by atoms with Gasteiger partial charge in [0.2, 0.25) is 0 Å². The van der Waals surface area contributed by atoms with E-state index in [0.717, 1.165) is 11.1 Å². The largest absolute Gasteiger partial charge is 0.395 e. The van der Waals surface area contributed by atoms with Gasteiger partial charge in [0.1, 0.15) is 0 Å². The highest BCUT2D eigenvalue weighted by Crippen LogP contribution is 2.23. The average molecular weight is 284 g/mol. The second-order valence-corrected chi connectivity index (χ2v) is 4.73. The van der Waals surface area contributed by atoms with Crippen LogP contribution in [0.25, 0.3) is 0 Å². The van der Waals surface area contributed by atoms with Crippen LogP contribution in [0.5, 0.6) is 0 Å². The third-order valence-electron chi connectivity index (χ3n) is 3.27. The lowest BCUT2D eigenvalue weighted by Gasteiger charge is -2.19. The molecule has 0 saturated carbocycles. The third kappa shape index (κ3) is 4.61. The Kier molecular flexibility index (Phi) is 5.79. The van der Waals surface area contributed by atoms with E-state index in [2.05, 4.69) is 34.9 Å². The van der Waals surface area contributed by atoms with Gasteiger partial charge in [0.25, 0.3) is 0 Å². The summed E-state index contributed by atoms with van der Waals surface area (Å²) in [6.07, 6.45) is 0. The van der Waals surface area contributed by atoms with Crippen LogP contribution in [0.15, 0.2) is 60.7 Å². The Balaban J connectivity index is 2.09. The van der Waals surface area contributed by atoms with Gasteiger partial charge in [-0.25, -0.2) is 4.79 Å². The molecule has 0 aliphatic heterocycles. The molecule has 4 heteroatoms. The number of amides is 2. The topological polar surface area (TPSA) is 61.4 Å². The summed E-state index contributed by atoms with van der Waals surface area (Å²) in [5.41, 5.74) is 2.32. The number of hydrogen-bond donors (Lipinski definition) is 3. The molecule has 2 rings (SSSR count). The number of carbonyl (C=O) groups excluding carboxylic acids is 1. The maximum atomic E-state index is 11.6. The predicted octanol–water partition coefficient (Wildman–Crippen LogP) is 2.11. The maximum Gasteiger partial charge on any atom is 0.314 e. The molecule has 4 nitrogen and oxygen atoms in total. The normalized spacial score (nSPS) is 10.4. The van der Waals surface area contributed by atoms with E-state index < -0.39 is 0 Å². The van der Waals surface area contributed by atoms with Crippen molar-refractivity contribution in [2.75, 3.05) is 19.7 Å². The van der Waals surface area contributed by atoms with Crippen LogP contribution in [0.3, 0.4) is 0 Å². The van der Waals surface area contributed by atoms with Gasteiger partial charge in [-0.05, 0) is 11.1 Å². The highest BCUT2D eigenvalue weighted by molar-refractivity contribution is 5.73. The van der Waals surface area contributed by atoms with E-state index in [9.17, 15) is 4.79 Å². The fourth-order valence-electron chi connectivity index (χ4n) is 2.23. The van der Waals surface area contributed by atoms with Crippen molar-refractivity contribution in [1.29, 1.82) is 0 Å². The van der Waals surface area contributed by atoms with Gasteiger partial charge in [-0.3, -0.25) is 0 Å². The Morgan fingerprint density at radius 2 is 1.43 bits per heavy atom. The lowest BCUT2D eigenvalue weighted by Crippen LogP contribution is -2.39. The number of hydrogen-bond acceptors (Lipinski definition) is 2. The Morgan fingerprint density at radius 1 is 0.905 bits per heavy atom. The van der Waals surface area contributed by atoms with E-state index in [0.29, 0.717) is 6.54 Å². The number of nitrogens with one attached hydrogen (secondary N) is 2. The SMILES string of the molecule is O=C(NCCO)NCC(c1ccccc1)c1ccccc1. The van der Waals surface area contributed by atoms with Crippen LogP contribution in [-0.4, -0.2) is 30.8 Å². The molecule has 0 spiro atoms. The van der Waals surface area contributed by atoms with Crippen LogP contribution in [0.2, 0.25) is 0 Å². The van der Waals surface area contributed by atoms with Crippen molar-refractivity contribution < 1.29 is 9.90 Å². The number of aliphatic hydroxyl groups excluding tert-OH is 1. The van der Waals surface area contributed by atoms with Crippen molar-refractivity contribution >= 4 is 6.03 Å². The quantitative estimate of drug-likeness (QED) is 0.761. The lowest BCUT2D eigenvalue weighted by molar-refractivity contribution is 0.234. The van der Waals surface area contributed by atoms with E-state index in [4.69, 9.17) is 5.11 Å². The van der Waals surface area contributed by atoms with Gasteiger partial charge in [0.05, 0.1) is 6.61 Å². The molecule has 0 aromatic heterocycles. The summed E-state index contributed by atoms with van der Waals surface area (Å²) in [7, 11) is 0. The minimum absolute atomic E-state index is 0.0613. The van der Waals surface area contributed by atoms with Gasteiger partial charge in [-0.1, -0.05) is 60.7 Å². The zero-order chi connectivity index (χ0) is 14.9. The van der Waals surface area contributed by atoms with Crippen molar-refractivity contribution in [2.45, 2.75) is 5.92 Å². The van der Waals surface area contributed by atoms with Crippen LogP contribution in [0.1, 0.15) is 17.0 Å². The van der Waals surface area contributed by atoms with Crippen LogP contribution in [0, 0.1) is 0 Å². The van der Waals surface area contributed by atoms with E-state index in [1.165, 1.54) is 0 Å². The van der Waals surface area contributed by atoms with Crippen LogP contribution in [-0.2, 0) is 0 Å². The third-order valence-corrected chi connectivity index (χ3v) is 3.27. The molecule has 0 saturated heterocycles. The molecule has 110 valence electrons. The van der Waals surface area contributed by atoms with Crippen LogP contribution >= 0.6 is 0 Å². The first-order valence-electron chi connectivity index (χ1n) is 7.03. The minimum Gasteiger partial charge on any atom is -0.395 e. The standard InChI is InChI=1S/C17H20N2O2/c20-12-11-18-17(21)19-13-16(14-7-3-1-4-8-14)15-9-5-2-6-10-15/h1-10,16,20H,11-13H2,(H2,18,19,21). The molecule has 0 atom stereocenters. The van der Waals surface area contributed by atoms with E-state index in [1.807, 2.05) is 36.4 Å². The van der Waals surface area contributed by atoms with Gasteiger partial charge in [0, 0.05) is 19.0 Å². The molecule has 0 radical (unpaired) electrons. The van der Waals surface area contributed by atoms with Crippen LogP contribution < -0.4 is 10.6 Å². The van der Waals surface area contributed by atoms with Crippen molar-refractivity contribution in [1.82, 2.24) is 10.6 Å². The number of carbonyl (C=O) groups is 1. The number of rotatable bonds is 6. The molecular formula is C17H20N2O2. The molecule has 0 unspecified atom stereocenters. The van der Waals surface area contributed by atoms with Gasteiger partial charge < -0.3 is 15.7 Å². The van der Waals surface area contributed by atoms with E-state index >= 15 is 0 Å². The van der Waals surface area contributed by atoms with Crippen molar-refractivity contribution in [3.8, 4) is 0 Å². The van der Waals surface area contributed by atoms with Gasteiger partial charge in [0.15, 0.2) is 0 Å². The Labute approximate surface area is 124 Å². The zero-order valence-corrected chi connectivity index (χ0v) is 11.8. The molecule has 21 heavy (non-hydrogen) atoms. The summed E-state index contributed by atoms with van der Waals surface area (Å²) in [4.78, 5) is 11.6. The summed E-state index contributed by atoms with van der Waals surface area (Å²) >= 11 is 0. The average Bonchev–Trinajstić information content (AvgIpc) is 2.55. The minimum atomic E-state index is -0.263.